The topological polar surface area (TPSA) is 43.4 Å². The number of benzene rings is 2. The van der Waals surface area contributed by atoms with Crippen molar-refractivity contribution in [2.45, 2.75) is 13.0 Å². The van der Waals surface area contributed by atoms with Crippen molar-refractivity contribution in [1.29, 1.82) is 0 Å². The summed E-state index contributed by atoms with van der Waals surface area (Å²) in [4.78, 5) is 24.9. The summed E-state index contributed by atoms with van der Waals surface area (Å²) in [5, 5.41) is 1.18. The van der Waals surface area contributed by atoms with E-state index >= 15 is 0 Å². The second-order valence-corrected chi connectivity index (χ2v) is 6.45. The van der Waals surface area contributed by atoms with E-state index in [1.807, 2.05) is 30.3 Å². The first-order valence-electron chi connectivity index (χ1n) is 7.05. The van der Waals surface area contributed by atoms with Gasteiger partial charge >= 0.3 is 5.97 Å². The number of rotatable bonds is 4. The van der Waals surface area contributed by atoms with Gasteiger partial charge in [-0.3, -0.25) is 4.79 Å². The number of halogens is 1. The van der Waals surface area contributed by atoms with E-state index in [9.17, 15) is 9.59 Å². The van der Waals surface area contributed by atoms with Crippen LogP contribution in [0.3, 0.4) is 0 Å². The lowest BCUT2D eigenvalue weighted by Crippen LogP contribution is -2.24. The molecule has 3 rings (SSSR count). The van der Waals surface area contributed by atoms with Gasteiger partial charge < -0.3 is 4.74 Å². The summed E-state index contributed by atoms with van der Waals surface area (Å²) in [6, 6.07) is 16.2. The average Bonchev–Trinajstić information content (AvgIpc) is 2.92. The van der Waals surface area contributed by atoms with Crippen molar-refractivity contribution in [2.75, 3.05) is 0 Å². The minimum atomic E-state index is -0.869. The number of thiophene rings is 1. The number of ether oxygens (including phenoxy) is 1. The molecule has 0 amide bonds. The monoisotopic (exact) mass is 344 g/mol. The van der Waals surface area contributed by atoms with Gasteiger partial charge in [0.2, 0.25) is 5.78 Å². The highest BCUT2D eigenvalue weighted by Crippen LogP contribution is 2.35. The number of Topliss-reactive ketones (excluding diaryl/α,β-unsaturated/α-hetero) is 1. The van der Waals surface area contributed by atoms with Crippen molar-refractivity contribution in [3.8, 4) is 0 Å². The molecule has 5 heteroatoms. The fraction of sp³-hybridized carbons (Fsp3) is 0.111. The second kappa shape index (κ2) is 6.52. The molecule has 0 radical (unpaired) electrons. The minimum Gasteiger partial charge on any atom is -0.450 e. The van der Waals surface area contributed by atoms with Crippen LogP contribution in [-0.2, 0) is 4.74 Å². The van der Waals surface area contributed by atoms with E-state index in [0.717, 1.165) is 10.1 Å². The van der Waals surface area contributed by atoms with Crippen LogP contribution >= 0.6 is 22.9 Å². The number of fused-ring (bicyclic) bond motifs is 1. The Morgan fingerprint density at radius 2 is 1.70 bits per heavy atom. The summed E-state index contributed by atoms with van der Waals surface area (Å²) in [7, 11) is 0. The molecule has 0 aliphatic rings. The minimum absolute atomic E-state index is 0.240. The lowest BCUT2D eigenvalue weighted by molar-refractivity contribution is 0.0324. The van der Waals surface area contributed by atoms with E-state index in [1.54, 1.807) is 31.2 Å². The van der Waals surface area contributed by atoms with Crippen LogP contribution in [-0.4, -0.2) is 17.9 Å². The molecule has 2 aromatic carbocycles. The normalized spacial score (nSPS) is 12.1. The van der Waals surface area contributed by atoms with Crippen molar-refractivity contribution in [3.63, 3.8) is 0 Å². The van der Waals surface area contributed by atoms with Gasteiger partial charge in [0, 0.05) is 15.6 Å². The lowest BCUT2D eigenvalue weighted by atomic mass is 10.1. The zero-order chi connectivity index (χ0) is 16.4. The third kappa shape index (κ3) is 3.14. The second-order valence-electron chi connectivity index (χ2n) is 5.02. The van der Waals surface area contributed by atoms with E-state index in [2.05, 4.69) is 0 Å². The summed E-state index contributed by atoms with van der Waals surface area (Å²) in [5.41, 5.74) is 0.509. The van der Waals surface area contributed by atoms with Crippen molar-refractivity contribution in [1.82, 2.24) is 0 Å². The number of hydrogen-bond acceptors (Lipinski definition) is 4. The Kier molecular flexibility index (Phi) is 4.46. The fourth-order valence-electron chi connectivity index (χ4n) is 2.25. The first-order valence-corrected chi connectivity index (χ1v) is 8.24. The molecule has 1 aromatic heterocycles. The molecule has 1 atom stereocenters. The summed E-state index contributed by atoms with van der Waals surface area (Å²) in [5.74, 6) is -0.816. The molecule has 0 saturated carbocycles. The number of carbonyl (C=O) groups is 2. The van der Waals surface area contributed by atoms with E-state index < -0.39 is 12.1 Å². The Labute approximate surface area is 142 Å². The Balaban J connectivity index is 1.80. The van der Waals surface area contributed by atoms with E-state index in [1.165, 1.54) is 11.3 Å². The number of esters is 1. The average molecular weight is 345 g/mol. The SMILES string of the molecule is C[C@H](OC(=O)c1sc2ccccc2c1Cl)C(=O)c1ccccc1. The Bertz CT molecular complexity index is 870. The molecule has 0 N–H and O–H groups in total. The van der Waals surface area contributed by atoms with Crippen LogP contribution in [0.5, 0.6) is 0 Å². The van der Waals surface area contributed by atoms with E-state index in [0.29, 0.717) is 15.5 Å². The standard InChI is InChI=1S/C18H13ClO3S/c1-11(16(20)12-7-3-2-4-8-12)22-18(21)17-15(19)13-9-5-6-10-14(13)23-17/h2-11H,1H3/t11-/m0/s1. The molecular formula is C18H13ClO3S. The fourth-order valence-corrected chi connectivity index (χ4v) is 3.64. The Morgan fingerprint density at radius 3 is 2.39 bits per heavy atom. The molecule has 1 heterocycles. The van der Waals surface area contributed by atoms with Gasteiger partial charge in [-0.25, -0.2) is 4.79 Å². The van der Waals surface area contributed by atoms with Crippen molar-refractivity contribution in [2.24, 2.45) is 0 Å². The zero-order valence-corrected chi connectivity index (χ0v) is 13.9. The molecule has 0 saturated heterocycles. The highest BCUT2D eigenvalue weighted by molar-refractivity contribution is 7.21. The number of ketones is 1. The summed E-state index contributed by atoms with van der Waals surface area (Å²) < 4.78 is 6.21. The van der Waals surface area contributed by atoms with E-state index in [4.69, 9.17) is 16.3 Å². The van der Waals surface area contributed by atoms with E-state index in [-0.39, 0.29) is 5.78 Å². The van der Waals surface area contributed by atoms with Crippen LogP contribution in [0.1, 0.15) is 27.0 Å². The molecule has 116 valence electrons. The molecule has 3 nitrogen and oxygen atoms in total. The number of hydrogen-bond donors (Lipinski definition) is 0. The van der Waals surface area contributed by atoms with Crippen LogP contribution in [0.25, 0.3) is 10.1 Å². The predicted octanol–water partition coefficient (Wildman–Crippen LogP) is 4.98. The smallest absolute Gasteiger partial charge is 0.350 e. The molecule has 0 aliphatic carbocycles. The molecule has 0 aliphatic heterocycles. The van der Waals surface area contributed by atoms with Gasteiger partial charge in [-0.2, -0.15) is 0 Å². The molecule has 0 bridgehead atoms. The highest BCUT2D eigenvalue weighted by atomic mass is 35.5. The van der Waals surface area contributed by atoms with Crippen LogP contribution in [0, 0.1) is 0 Å². The van der Waals surface area contributed by atoms with Crippen molar-refractivity contribution in [3.05, 3.63) is 70.1 Å². The third-order valence-electron chi connectivity index (χ3n) is 3.43. The summed E-state index contributed by atoms with van der Waals surface area (Å²) >= 11 is 7.52. The first-order chi connectivity index (χ1) is 11.1. The van der Waals surface area contributed by atoms with Gasteiger partial charge in [-0.05, 0) is 13.0 Å². The van der Waals surface area contributed by atoms with Gasteiger partial charge in [0.15, 0.2) is 6.10 Å². The van der Waals surface area contributed by atoms with Crippen LogP contribution < -0.4 is 0 Å². The maximum atomic E-state index is 12.3. The van der Waals surface area contributed by atoms with Crippen molar-refractivity contribution >= 4 is 44.8 Å². The Hall–Kier alpha value is -2.17. The summed E-state index contributed by atoms with van der Waals surface area (Å²) in [6.45, 7) is 1.56. The van der Waals surface area contributed by atoms with Crippen molar-refractivity contribution < 1.29 is 14.3 Å². The van der Waals surface area contributed by atoms with Crippen LogP contribution in [0.2, 0.25) is 5.02 Å². The molecule has 0 fully saturated rings. The quantitative estimate of drug-likeness (QED) is 0.495. The molecule has 0 spiro atoms. The van der Waals surface area contributed by atoms with Crippen LogP contribution in [0.4, 0.5) is 0 Å². The maximum absolute atomic E-state index is 12.3. The zero-order valence-electron chi connectivity index (χ0n) is 12.3. The number of carbonyl (C=O) groups excluding carboxylic acids is 2. The third-order valence-corrected chi connectivity index (χ3v) is 5.09. The van der Waals surface area contributed by atoms with Crippen LogP contribution in [0.15, 0.2) is 54.6 Å². The highest BCUT2D eigenvalue weighted by Gasteiger charge is 2.24. The van der Waals surface area contributed by atoms with Gasteiger partial charge in [-0.15, -0.1) is 11.3 Å². The largest absolute Gasteiger partial charge is 0.450 e. The summed E-state index contributed by atoms with van der Waals surface area (Å²) in [6.07, 6.45) is -0.869. The van der Waals surface area contributed by atoms with Gasteiger partial charge in [0.25, 0.3) is 0 Å². The molecule has 0 unspecified atom stereocenters. The molecule has 3 aromatic rings. The maximum Gasteiger partial charge on any atom is 0.350 e. The van der Waals surface area contributed by atoms with Gasteiger partial charge in [-0.1, -0.05) is 60.1 Å². The van der Waals surface area contributed by atoms with Gasteiger partial charge in [0.05, 0.1) is 5.02 Å². The molecule has 23 heavy (non-hydrogen) atoms. The lowest BCUT2D eigenvalue weighted by Gasteiger charge is -2.11. The predicted molar refractivity (Wildman–Crippen MR) is 92.5 cm³/mol. The first kappa shape index (κ1) is 15.7. The molecular weight excluding hydrogens is 332 g/mol. The Morgan fingerprint density at radius 1 is 1.04 bits per heavy atom. The van der Waals surface area contributed by atoms with Gasteiger partial charge in [0.1, 0.15) is 4.88 Å².